The van der Waals surface area contributed by atoms with Crippen molar-refractivity contribution in [2.24, 2.45) is 0 Å². The maximum absolute atomic E-state index is 12.4. The Hall–Kier alpha value is -2.15. The van der Waals surface area contributed by atoms with Crippen LogP contribution in [0.15, 0.2) is 18.3 Å². The molecule has 0 aliphatic carbocycles. The van der Waals surface area contributed by atoms with Gasteiger partial charge in [-0.25, -0.2) is 4.79 Å². The van der Waals surface area contributed by atoms with Crippen LogP contribution in [-0.2, 0) is 11.3 Å². The molecule has 2 amide bonds. The zero-order valence-corrected chi connectivity index (χ0v) is 14.6. The Labute approximate surface area is 143 Å². The molecule has 0 aromatic carbocycles. The summed E-state index contributed by atoms with van der Waals surface area (Å²) < 4.78 is 5.00. The number of pyridine rings is 1. The van der Waals surface area contributed by atoms with Gasteiger partial charge in [0.05, 0.1) is 12.3 Å². The van der Waals surface area contributed by atoms with Crippen LogP contribution in [0.1, 0.15) is 35.8 Å². The molecule has 1 fully saturated rings. The van der Waals surface area contributed by atoms with E-state index < -0.39 is 0 Å². The summed E-state index contributed by atoms with van der Waals surface area (Å²) in [5.41, 5.74) is 1.49. The number of hydrogen-bond acceptors (Lipinski definition) is 5. The van der Waals surface area contributed by atoms with Gasteiger partial charge in [0.2, 0.25) is 0 Å². The zero-order valence-electron chi connectivity index (χ0n) is 14.6. The fourth-order valence-corrected chi connectivity index (χ4v) is 2.72. The maximum Gasteiger partial charge on any atom is 0.409 e. The summed E-state index contributed by atoms with van der Waals surface area (Å²) in [6.45, 7) is 4.08. The molecule has 0 unspecified atom stereocenters. The largest absolute Gasteiger partial charge is 0.450 e. The molecule has 1 N–H and O–H groups in total. The second kappa shape index (κ2) is 8.63. The van der Waals surface area contributed by atoms with Crippen molar-refractivity contribution < 1.29 is 14.3 Å². The number of carbonyl (C=O) groups excluding carboxylic acids is 2. The number of carbonyl (C=O) groups is 2. The van der Waals surface area contributed by atoms with Gasteiger partial charge >= 0.3 is 6.09 Å². The molecule has 0 atom stereocenters. The highest BCUT2D eigenvalue weighted by Gasteiger charge is 2.24. The maximum atomic E-state index is 12.4. The molecular weight excluding hydrogens is 308 g/mol. The average Bonchev–Trinajstić information content (AvgIpc) is 2.55. The molecular formula is C17H26N4O3. The molecule has 0 spiro atoms. The second-order valence-corrected chi connectivity index (χ2v) is 6.21. The predicted molar refractivity (Wildman–Crippen MR) is 90.7 cm³/mol. The molecule has 0 saturated carbocycles. The summed E-state index contributed by atoms with van der Waals surface area (Å²) >= 11 is 0. The number of aromatic nitrogens is 1. The van der Waals surface area contributed by atoms with Crippen molar-refractivity contribution >= 4 is 12.0 Å². The summed E-state index contributed by atoms with van der Waals surface area (Å²) in [4.78, 5) is 32.1. The molecule has 132 valence electrons. The van der Waals surface area contributed by atoms with E-state index in [9.17, 15) is 9.59 Å². The topological polar surface area (TPSA) is 74.8 Å². The van der Waals surface area contributed by atoms with Crippen molar-refractivity contribution in [3.63, 3.8) is 0 Å². The Morgan fingerprint density at radius 3 is 2.71 bits per heavy atom. The van der Waals surface area contributed by atoms with Crippen molar-refractivity contribution in [2.45, 2.75) is 32.4 Å². The second-order valence-electron chi connectivity index (χ2n) is 6.21. The molecule has 7 heteroatoms. The van der Waals surface area contributed by atoms with Gasteiger partial charge in [-0.1, -0.05) is 0 Å². The summed E-state index contributed by atoms with van der Waals surface area (Å²) in [5.74, 6) is -0.0907. The first-order valence-corrected chi connectivity index (χ1v) is 8.31. The van der Waals surface area contributed by atoms with Crippen molar-refractivity contribution in [3.05, 3.63) is 29.6 Å². The van der Waals surface area contributed by atoms with Crippen LogP contribution in [0.3, 0.4) is 0 Å². The van der Waals surface area contributed by atoms with Gasteiger partial charge in [0.25, 0.3) is 5.91 Å². The third-order valence-electron chi connectivity index (χ3n) is 3.91. The van der Waals surface area contributed by atoms with Gasteiger partial charge in [0.15, 0.2) is 0 Å². The lowest BCUT2D eigenvalue weighted by Crippen LogP contribution is -2.46. The zero-order chi connectivity index (χ0) is 17.5. The minimum Gasteiger partial charge on any atom is -0.450 e. The van der Waals surface area contributed by atoms with Crippen LogP contribution >= 0.6 is 0 Å². The number of nitrogens with zero attached hydrogens (tertiary/aromatic N) is 3. The third kappa shape index (κ3) is 5.19. The Kier molecular flexibility index (Phi) is 6.54. The van der Waals surface area contributed by atoms with Gasteiger partial charge in [-0.2, -0.15) is 0 Å². The fraction of sp³-hybridized carbons (Fsp3) is 0.588. The Bertz CT molecular complexity index is 569. The highest BCUT2D eigenvalue weighted by Crippen LogP contribution is 2.13. The van der Waals surface area contributed by atoms with Gasteiger partial charge in [0, 0.05) is 37.4 Å². The number of rotatable bonds is 5. The normalized spacial score (nSPS) is 15.4. The molecule has 0 radical (unpaired) electrons. The molecule has 7 nitrogen and oxygen atoms in total. The number of likely N-dealkylation sites (tertiary alicyclic amines) is 1. The van der Waals surface area contributed by atoms with Crippen LogP contribution in [-0.4, -0.2) is 66.6 Å². The monoisotopic (exact) mass is 334 g/mol. The molecule has 1 aromatic heterocycles. The van der Waals surface area contributed by atoms with Crippen molar-refractivity contribution in [2.75, 3.05) is 33.8 Å². The quantitative estimate of drug-likeness (QED) is 0.883. The highest BCUT2D eigenvalue weighted by molar-refractivity contribution is 5.94. The molecule has 24 heavy (non-hydrogen) atoms. The van der Waals surface area contributed by atoms with E-state index in [4.69, 9.17) is 4.74 Å². The van der Waals surface area contributed by atoms with E-state index >= 15 is 0 Å². The van der Waals surface area contributed by atoms with Gasteiger partial charge in [0.1, 0.15) is 0 Å². The van der Waals surface area contributed by atoms with Crippen molar-refractivity contribution in [1.29, 1.82) is 0 Å². The van der Waals surface area contributed by atoms with E-state index in [0.29, 0.717) is 31.8 Å². The molecule has 0 bridgehead atoms. The number of nitrogens with one attached hydrogen (secondary N) is 1. The van der Waals surface area contributed by atoms with E-state index in [1.54, 1.807) is 24.1 Å². The number of ether oxygens (including phenoxy) is 1. The lowest BCUT2D eigenvalue weighted by molar-refractivity contribution is 0.0860. The minimum atomic E-state index is -0.273. The van der Waals surface area contributed by atoms with Gasteiger partial charge < -0.3 is 19.9 Å². The van der Waals surface area contributed by atoms with Crippen LogP contribution in [0, 0.1) is 0 Å². The highest BCUT2D eigenvalue weighted by atomic mass is 16.6. The van der Waals surface area contributed by atoms with Crippen molar-refractivity contribution in [3.8, 4) is 0 Å². The van der Waals surface area contributed by atoms with Crippen LogP contribution < -0.4 is 5.32 Å². The summed E-state index contributed by atoms with van der Waals surface area (Å²) in [6.07, 6.45) is 2.86. The standard InChI is InChI=1S/C17H26N4O3/c1-4-24-17(23)21-9-6-14(7-10-21)19-16(22)13-5-8-18-15(11-13)12-20(2)3/h5,8,11,14H,4,6-7,9-10,12H2,1-3H3,(H,19,22). The predicted octanol–water partition coefficient (Wildman–Crippen LogP) is 1.49. The average molecular weight is 334 g/mol. The number of hydrogen-bond donors (Lipinski definition) is 1. The van der Waals surface area contributed by atoms with E-state index in [1.807, 2.05) is 25.1 Å². The summed E-state index contributed by atoms with van der Waals surface area (Å²) in [7, 11) is 3.93. The molecule has 1 saturated heterocycles. The molecule has 1 aliphatic heterocycles. The van der Waals surface area contributed by atoms with Crippen molar-refractivity contribution in [1.82, 2.24) is 20.1 Å². The number of amides is 2. The SMILES string of the molecule is CCOC(=O)N1CCC(NC(=O)c2ccnc(CN(C)C)c2)CC1. The van der Waals surface area contributed by atoms with E-state index in [2.05, 4.69) is 10.3 Å². The summed E-state index contributed by atoms with van der Waals surface area (Å²) in [6, 6.07) is 3.62. The van der Waals surface area contributed by atoms with Gasteiger partial charge in [-0.05, 0) is 46.0 Å². The number of piperidine rings is 1. The Morgan fingerprint density at radius 2 is 2.08 bits per heavy atom. The molecule has 2 heterocycles. The first-order valence-electron chi connectivity index (χ1n) is 8.31. The van der Waals surface area contributed by atoms with Crippen LogP contribution in [0.5, 0.6) is 0 Å². The van der Waals surface area contributed by atoms with Gasteiger partial charge in [-0.15, -0.1) is 0 Å². The Balaban J connectivity index is 1.86. The van der Waals surface area contributed by atoms with Gasteiger partial charge in [-0.3, -0.25) is 9.78 Å². The van der Waals surface area contributed by atoms with Crippen LogP contribution in [0.2, 0.25) is 0 Å². The fourth-order valence-electron chi connectivity index (χ4n) is 2.72. The smallest absolute Gasteiger partial charge is 0.409 e. The first kappa shape index (κ1) is 18.2. The van der Waals surface area contributed by atoms with E-state index in [0.717, 1.165) is 18.5 Å². The molecule has 1 aliphatic rings. The minimum absolute atomic E-state index is 0.0774. The van der Waals surface area contributed by atoms with E-state index in [-0.39, 0.29) is 18.0 Å². The molecule has 1 aromatic rings. The first-order chi connectivity index (χ1) is 11.5. The lowest BCUT2D eigenvalue weighted by atomic mass is 10.0. The Morgan fingerprint density at radius 1 is 1.38 bits per heavy atom. The van der Waals surface area contributed by atoms with E-state index in [1.165, 1.54) is 0 Å². The van der Waals surface area contributed by atoms with Crippen LogP contribution in [0.25, 0.3) is 0 Å². The third-order valence-corrected chi connectivity index (χ3v) is 3.91. The van der Waals surface area contributed by atoms with Crippen LogP contribution in [0.4, 0.5) is 4.79 Å². The lowest BCUT2D eigenvalue weighted by Gasteiger charge is -2.31. The summed E-state index contributed by atoms with van der Waals surface area (Å²) in [5, 5.41) is 3.05. The molecule has 2 rings (SSSR count).